The number of hydrogen-bond donors (Lipinski definition) is 2. The first-order valence-corrected chi connectivity index (χ1v) is 6.02. The van der Waals surface area contributed by atoms with Gasteiger partial charge in [-0.25, -0.2) is 4.98 Å². The predicted molar refractivity (Wildman–Crippen MR) is 74.1 cm³/mol. The van der Waals surface area contributed by atoms with Gasteiger partial charge in [0.2, 0.25) is 5.95 Å². The molecule has 0 amide bonds. The monoisotopic (exact) mass is 246 g/mol. The highest BCUT2D eigenvalue weighted by Gasteiger charge is 2.05. The van der Waals surface area contributed by atoms with Crippen LogP contribution in [0.5, 0.6) is 0 Å². The van der Waals surface area contributed by atoms with Crippen LogP contribution in [-0.4, -0.2) is 37.3 Å². The molecule has 0 fully saturated rings. The van der Waals surface area contributed by atoms with E-state index in [0.29, 0.717) is 5.95 Å². The van der Waals surface area contributed by atoms with E-state index in [0.717, 1.165) is 36.3 Å². The SMILES string of the molecule is CNc1nc(NCCCOC)c2ccccc2n1. The summed E-state index contributed by atoms with van der Waals surface area (Å²) in [5.74, 6) is 1.49. The van der Waals surface area contributed by atoms with E-state index in [1.807, 2.05) is 31.3 Å². The van der Waals surface area contributed by atoms with Crippen molar-refractivity contribution in [2.75, 3.05) is 37.9 Å². The van der Waals surface area contributed by atoms with Crippen molar-refractivity contribution in [3.63, 3.8) is 0 Å². The summed E-state index contributed by atoms with van der Waals surface area (Å²) in [6.07, 6.45) is 0.948. The zero-order valence-electron chi connectivity index (χ0n) is 10.7. The number of aromatic nitrogens is 2. The lowest BCUT2D eigenvalue weighted by molar-refractivity contribution is 0.198. The fourth-order valence-corrected chi connectivity index (χ4v) is 1.75. The molecule has 1 aromatic carbocycles. The van der Waals surface area contributed by atoms with E-state index >= 15 is 0 Å². The number of methoxy groups -OCH3 is 1. The van der Waals surface area contributed by atoms with Crippen molar-refractivity contribution >= 4 is 22.7 Å². The largest absolute Gasteiger partial charge is 0.385 e. The third-order valence-corrected chi connectivity index (χ3v) is 2.64. The maximum Gasteiger partial charge on any atom is 0.224 e. The lowest BCUT2D eigenvalue weighted by Crippen LogP contribution is -2.08. The van der Waals surface area contributed by atoms with Crippen LogP contribution in [-0.2, 0) is 4.74 Å². The summed E-state index contributed by atoms with van der Waals surface area (Å²) >= 11 is 0. The number of para-hydroxylation sites is 1. The average molecular weight is 246 g/mol. The Kier molecular flexibility index (Phi) is 4.30. The van der Waals surface area contributed by atoms with E-state index < -0.39 is 0 Å². The predicted octanol–water partition coefficient (Wildman–Crippen LogP) is 2.12. The van der Waals surface area contributed by atoms with Crippen molar-refractivity contribution in [2.45, 2.75) is 6.42 Å². The van der Waals surface area contributed by atoms with E-state index in [1.165, 1.54) is 0 Å². The Morgan fingerprint density at radius 3 is 2.83 bits per heavy atom. The Balaban J connectivity index is 2.23. The highest BCUT2D eigenvalue weighted by molar-refractivity contribution is 5.89. The Bertz CT molecular complexity index is 515. The molecule has 0 aliphatic rings. The van der Waals surface area contributed by atoms with Crippen LogP contribution in [0, 0.1) is 0 Å². The number of hydrogen-bond acceptors (Lipinski definition) is 5. The Morgan fingerprint density at radius 1 is 1.22 bits per heavy atom. The molecule has 0 bridgehead atoms. The van der Waals surface area contributed by atoms with Crippen molar-refractivity contribution in [2.24, 2.45) is 0 Å². The molecule has 2 aromatic rings. The minimum absolute atomic E-state index is 0.628. The van der Waals surface area contributed by atoms with E-state index in [4.69, 9.17) is 4.74 Å². The quantitative estimate of drug-likeness (QED) is 0.765. The third kappa shape index (κ3) is 2.87. The standard InChI is InChI=1S/C13H18N4O/c1-14-13-16-11-7-4-3-6-10(11)12(17-13)15-8-5-9-18-2/h3-4,6-7H,5,8-9H2,1-2H3,(H2,14,15,16,17). The molecule has 0 unspecified atom stereocenters. The van der Waals surface area contributed by atoms with Gasteiger partial charge in [0, 0.05) is 32.7 Å². The van der Waals surface area contributed by atoms with E-state index in [2.05, 4.69) is 20.6 Å². The summed E-state index contributed by atoms with van der Waals surface area (Å²) in [6, 6.07) is 7.97. The smallest absolute Gasteiger partial charge is 0.224 e. The van der Waals surface area contributed by atoms with Gasteiger partial charge >= 0.3 is 0 Å². The van der Waals surface area contributed by atoms with Crippen LogP contribution in [0.1, 0.15) is 6.42 Å². The number of fused-ring (bicyclic) bond motifs is 1. The maximum absolute atomic E-state index is 5.03. The van der Waals surface area contributed by atoms with E-state index in [-0.39, 0.29) is 0 Å². The molecule has 0 aliphatic heterocycles. The molecule has 2 N–H and O–H groups in total. The summed E-state index contributed by atoms with van der Waals surface area (Å²) in [4.78, 5) is 8.85. The molecule has 18 heavy (non-hydrogen) atoms. The summed E-state index contributed by atoms with van der Waals surface area (Å²) in [5.41, 5.74) is 0.936. The van der Waals surface area contributed by atoms with Crippen molar-refractivity contribution in [1.82, 2.24) is 9.97 Å². The molecule has 1 heterocycles. The van der Waals surface area contributed by atoms with Crippen LogP contribution in [0.4, 0.5) is 11.8 Å². The van der Waals surface area contributed by atoms with Gasteiger partial charge in [0.05, 0.1) is 5.52 Å². The maximum atomic E-state index is 5.03. The molecule has 96 valence electrons. The van der Waals surface area contributed by atoms with Gasteiger partial charge in [0.15, 0.2) is 0 Å². The van der Waals surface area contributed by atoms with Gasteiger partial charge in [0.1, 0.15) is 5.82 Å². The Hall–Kier alpha value is -1.88. The second-order valence-electron chi connectivity index (χ2n) is 3.94. The molecule has 0 spiro atoms. The van der Waals surface area contributed by atoms with Crippen LogP contribution in [0.15, 0.2) is 24.3 Å². The number of rotatable bonds is 6. The van der Waals surface area contributed by atoms with Crippen LogP contribution in [0.2, 0.25) is 0 Å². The first-order valence-electron chi connectivity index (χ1n) is 6.02. The summed E-state index contributed by atoms with van der Waals surface area (Å²) in [7, 11) is 3.53. The lowest BCUT2D eigenvalue weighted by Gasteiger charge is -2.10. The summed E-state index contributed by atoms with van der Waals surface area (Å²) < 4.78 is 5.03. The molecule has 2 rings (SSSR count). The Labute approximate surface area is 107 Å². The fourth-order valence-electron chi connectivity index (χ4n) is 1.75. The minimum Gasteiger partial charge on any atom is -0.385 e. The van der Waals surface area contributed by atoms with Gasteiger partial charge in [-0.1, -0.05) is 12.1 Å². The topological polar surface area (TPSA) is 59.1 Å². The number of anilines is 2. The number of ether oxygens (including phenoxy) is 1. The van der Waals surface area contributed by atoms with Crippen molar-refractivity contribution in [3.05, 3.63) is 24.3 Å². The highest BCUT2D eigenvalue weighted by Crippen LogP contribution is 2.21. The Morgan fingerprint density at radius 2 is 2.06 bits per heavy atom. The van der Waals surface area contributed by atoms with Gasteiger partial charge in [-0.15, -0.1) is 0 Å². The molecule has 1 aromatic heterocycles. The summed E-state index contributed by atoms with van der Waals surface area (Å²) in [5, 5.41) is 7.34. The van der Waals surface area contributed by atoms with Crippen LogP contribution >= 0.6 is 0 Å². The second kappa shape index (κ2) is 6.16. The van der Waals surface area contributed by atoms with Crippen LogP contribution < -0.4 is 10.6 Å². The van der Waals surface area contributed by atoms with E-state index in [9.17, 15) is 0 Å². The molecule has 0 saturated heterocycles. The normalized spacial score (nSPS) is 10.6. The molecule has 0 radical (unpaired) electrons. The third-order valence-electron chi connectivity index (χ3n) is 2.64. The molecule has 5 nitrogen and oxygen atoms in total. The summed E-state index contributed by atoms with van der Waals surface area (Å²) in [6.45, 7) is 1.58. The first-order chi connectivity index (χ1) is 8.85. The zero-order chi connectivity index (χ0) is 12.8. The van der Waals surface area contributed by atoms with Gasteiger partial charge in [0.25, 0.3) is 0 Å². The molecule has 5 heteroatoms. The van der Waals surface area contributed by atoms with Gasteiger partial charge < -0.3 is 15.4 Å². The van der Waals surface area contributed by atoms with Crippen molar-refractivity contribution in [1.29, 1.82) is 0 Å². The average Bonchev–Trinajstić information content (AvgIpc) is 2.43. The van der Waals surface area contributed by atoms with E-state index in [1.54, 1.807) is 7.11 Å². The van der Waals surface area contributed by atoms with Gasteiger partial charge in [-0.3, -0.25) is 0 Å². The molecular formula is C13H18N4O. The number of nitrogens with zero attached hydrogens (tertiary/aromatic N) is 2. The van der Waals surface area contributed by atoms with Crippen molar-refractivity contribution < 1.29 is 4.74 Å². The molecule has 0 atom stereocenters. The van der Waals surface area contributed by atoms with Crippen molar-refractivity contribution in [3.8, 4) is 0 Å². The highest BCUT2D eigenvalue weighted by atomic mass is 16.5. The molecule has 0 aliphatic carbocycles. The molecular weight excluding hydrogens is 228 g/mol. The number of nitrogens with one attached hydrogen (secondary N) is 2. The first kappa shape index (κ1) is 12.6. The van der Waals surface area contributed by atoms with Gasteiger partial charge in [-0.05, 0) is 18.6 Å². The minimum atomic E-state index is 0.628. The van der Waals surface area contributed by atoms with Crippen LogP contribution in [0.25, 0.3) is 10.9 Å². The number of benzene rings is 1. The lowest BCUT2D eigenvalue weighted by atomic mass is 10.2. The zero-order valence-corrected chi connectivity index (χ0v) is 10.7. The van der Waals surface area contributed by atoms with Crippen LogP contribution in [0.3, 0.4) is 0 Å². The van der Waals surface area contributed by atoms with Gasteiger partial charge in [-0.2, -0.15) is 4.98 Å². The second-order valence-corrected chi connectivity index (χ2v) is 3.94. The molecule has 0 saturated carbocycles. The fraction of sp³-hybridized carbons (Fsp3) is 0.385.